The number of rotatable bonds is 4. The molecule has 0 aliphatic carbocycles. The maximum absolute atomic E-state index is 12.9. The molecule has 4 rings (SSSR count). The lowest BCUT2D eigenvalue weighted by molar-refractivity contribution is -0.144. The molecule has 0 radical (unpaired) electrons. The largest absolute Gasteiger partial charge is 0.465 e. The van der Waals surface area contributed by atoms with E-state index >= 15 is 0 Å². The van der Waals surface area contributed by atoms with E-state index in [1.807, 2.05) is 0 Å². The van der Waals surface area contributed by atoms with Crippen molar-refractivity contribution in [2.24, 2.45) is 11.7 Å². The molecular weight excluding hydrogens is 414 g/mol. The minimum Gasteiger partial charge on any atom is -0.465 e. The quantitative estimate of drug-likeness (QED) is 0.487. The number of hydrogen-bond donors (Lipinski definition) is 1. The maximum atomic E-state index is 12.9. The van der Waals surface area contributed by atoms with Crippen molar-refractivity contribution in [1.82, 2.24) is 14.5 Å². The number of nitrogens with two attached hydrogens (primary N) is 1. The van der Waals surface area contributed by atoms with E-state index in [9.17, 15) is 10.1 Å². The van der Waals surface area contributed by atoms with Crippen LogP contribution < -0.4 is 16.7 Å². The Balaban J connectivity index is 2.12. The highest BCUT2D eigenvalue weighted by atomic mass is 32.1. The van der Waals surface area contributed by atoms with E-state index in [0.29, 0.717) is 16.6 Å². The highest BCUT2D eigenvalue weighted by Crippen LogP contribution is 2.32. The van der Waals surface area contributed by atoms with Crippen molar-refractivity contribution in [3.8, 4) is 6.07 Å². The fourth-order valence-electron chi connectivity index (χ4n) is 3.43. The van der Waals surface area contributed by atoms with E-state index in [0.717, 1.165) is 5.56 Å². The highest BCUT2D eigenvalue weighted by molar-refractivity contribution is 7.71. The van der Waals surface area contributed by atoms with Crippen LogP contribution in [0.2, 0.25) is 0 Å². The molecule has 1 aliphatic heterocycles. The summed E-state index contributed by atoms with van der Waals surface area (Å²) in [5.41, 5.74) is 8.89. The third-order valence-corrected chi connectivity index (χ3v) is 5.17. The molecule has 0 saturated heterocycles. The Morgan fingerprint density at radius 2 is 1.94 bits per heavy atom. The van der Waals surface area contributed by atoms with Gasteiger partial charge in [0.05, 0.1) is 18.2 Å². The molecule has 4 heterocycles. The number of fused-ring (bicyclic) bond motifs is 1. The molecule has 9 heteroatoms. The molecule has 1 aliphatic rings. The van der Waals surface area contributed by atoms with Crippen molar-refractivity contribution in [1.29, 1.82) is 5.26 Å². The summed E-state index contributed by atoms with van der Waals surface area (Å²) in [5, 5.41) is 9.86. The molecular formula is C22H17N5O3S. The summed E-state index contributed by atoms with van der Waals surface area (Å²) in [7, 11) is 0. The number of hydrogen-bond acceptors (Lipinski definition) is 8. The molecule has 0 bridgehead atoms. The Morgan fingerprint density at radius 3 is 2.55 bits per heavy atom. The van der Waals surface area contributed by atoms with Crippen LogP contribution in [-0.2, 0) is 9.53 Å². The Hall–Kier alpha value is -4.03. The molecule has 8 nitrogen and oxygen atoms in total. The number of oxazole rings is 1. The van der Waals surface area contributed by atoms with Crippen LogP contribution >= 0.6 is 12.2 Å². The van der Waals surface area contributed by atoms with Crippen molar-refractivity contribution >= 4 is 35.7 Å². The van der Waals surface area contributed by atoms with Gasteiger partial charge < -0.3 is 14.9 Å². The van der Waals surface area contributed by atoms with Gasteiger partial charge in [-0.1, -0.05) is 12.2 Å². The molecule has 3 aromatic heterocycles. The van der Waals surface area contributed by atoms with Crippen molar-refractivity contribution in [3.63, 3.8) is 0 Å². The lowest BCUT2D eigenvalue weighted by Gasteiger charge is -2.23. The van der Waals surface area contributed by atoms with Crippen LogP contribution in [0.15, 0.2) is 59.0 Å². The minimum atomic E-state index is -1.05. The van der Waals surface area contributed by atoms with E-state index in [1.54, 1.807) is 62.1 Å². The van der Waals surface area contributed by atoms with Crippen LogP contribution in [0.5, 0.6) is 0 Å². The molecule has 154 valence electrons. The van der Waals surface area contributed by atoms with E-state index in [1.165, 1.54) is 4.57 Å². The normalized spacial score (nSPS) is 16.1. The monoisotopic (exact) mass is 431 g/mol. The van der Waals surface area contributed by atoms with Crippen molar-refractivity contribution in [2.45, 2.75) is 6.92 Å². The van der Waals surface area contributed by atoms with Gasteiger partial charge in [-0.25, -0.2) is 0 Å². The minimum absolute atomic E-state index is 0.0384. The van der Waals surface area contributed by atoms with Crippen LogP contribution in [0.4, 0.5) is 0 Å². The van der Waals surface area contributed by atoms with Crippen LogP contribution in [0.25, 0.3) is 17.5 Å². The molecule has 31 heavy (non-hydrogen) atoms. The van der Waals surface area contributed by atoms with Gasteiger partial charge in [-0.3, -0.25) is 19.3 Å². The Labute approximate surface area is 182 Å². The summed E-state index contributed by atoms with van der Waals surface area (Å²) < 4.78 is 13.1. The topological polar surface area (TPSA) is 120 Å². The van der Waals surface area contributed by atoms with Gasteiger partial charge in [-0.15, -0.1) is 0 Å². The summed E-state index contributed by atoms with van der Waals surface area (Å²) in [6.07, 6.45) is 8.23. The molecule has 0 amide bonds. The van der Waals surface area contributed by atoms with Crippen molar-refractivity contribution < 1.29 is 13.9 Å². The number of aromatic nitrogens is 3. The molecule has 0 spiro atoms. The van der Waals surface area contributed by atoms with Crippen LogP contribution in [0.3, 0.4) is 0 Å². The zero-order chi connectivity index (χ0) is 22.0. The SMILES string of the molecule is CCOC(=O)C1C(C#N)=C(N)n2c(o/c(=C\c3ccncc3)c2=S)=C1c1ccncc1. The van der Waals surface area contributed by atoms with Gasteiger partial charge in [0.1, 0.15) is 11.7 Å². The van der Waals surface area contributed by atoms with Gasteiger partial charge in [0.2, 0.25) is 5.55 Å². The van der Waals surface area contributed by atoms with E-state index in [4.69, 9.17) is 27.1 Å². The zero-order valence-corrected chi connectivity index (χ0v) is 17.3. The number of pyridine rings is 2. The molecule has 0 saturated carbocycles. The molecule has 2 N–H and O–H groups in total. The van der Waals surface area contributed by atoms with Gasteiger partial charge in [-0.05, 0) is 48.4 Å². The standard InChI is InChI=1S/C22H17N5O3S/c1-2-29-22(28)18-15(12-23)19(24)27-20(17(18)14-5-9-26-10-6-14)30-16(21(27)31)11-13-3-7-25-8-4-13/h3-11,18H,2,24H2,1H3/b16-11-. The lowest BCUT2D eigenvalue weighted by atomic mass is 9.86. The van der Waals surface area contributed by atoms with E-state index < -0.39 is 11.9 Å². The van der Waals surface area contributed by atoms with Gasteiger partial charge in [0.25, 0.3) is 0 Å². The Bertz CT molecular complexity index is 1400. The predicted molar refractivity (Wildman–Crippen MR) is 114 cm³/mol. The first-order valence-electron chi connectivity index (χ1n) is 9.41. The van der Waals surface area contributed by atoms with Gasteiger partial charge in [0, 0.05) is 30.4 Å². The van der Waals surface area contributed by atoms with Crippen LogP contribution in [0.1, 0.15) is 18.1 Å². The van der Waals surface area contributed by atoms with E-state index in [-0.39, 0.29) is 28.2 Å². The molecule has 0 fully saturated rings. The number of ether oxygens (including phenoxy) is 1. The van der Waals surface area contributed by atoms with Gasteiger partial charge in [0.15, 0.2) is 10.1 Å². The smallest absolute Gasteiger partial charge is 0.319 e. The van der Waals surface area contributed by atoms with Gasteiger partial charge in [-0.2, -0.15) is 5.26 Å². The molecule has 0 aromatic carbocycles. The zero-order valence-electron chi connectivity index (χ0n) is 16.5. The van der Waals surface area contributed by atoms with Crippen LogP contribution in [-0.4, -0.2) is 27.1 Å². The fourth-order valence-corrected chi connectivity index (χ4v) is 3.72. The number of carbonyl (C=O) groups is 1. The first-order valence-corrected chi connectivity index (χ1v) is 9.82. The first kappa shape index (κ1) is 20.3. The summed E-state index contributed by atoms with van der Waals surface area (Å²) in [6.45, 7) is 1.85. The second-order valence-electron chi connectivity index (χ2n) is 6.58. The van der Waals surface area contributed by atoms with Crippen LogP contribution in [0, 0.1) is 21.9 Å². The summed E-state index contributed by atoms with van der Waals surface area (Å²) in [4.78, 5) is 20.9. The number of nitriles is 1. The third kappa shape index (κ3) is 3.53. The lowest BCUT2D eigenvalue weighted by Crippen LogP contribution is -2.36. The second kappa shape index (κ2) is 8.38. The Morgan fingerprint density at radius 1 is 1.29 bits per heavy atom. The van der Waals surface area contributed by atoms with Crippen molar-refractivity contribution in [3.05, 3.63) is 81.4 Å². The second-order valence-corrected chi connectivity index (χ2v) is 6.97. The molecule has 1 unspecified atom stereocenters. The molecule has 1 atom stereocenters. The third-order valence-electron chi connectivity index (χ3n) is 4.79. The first-order chi connectivity index (χ1) is 15.1. The summed E-state index contributed by atoms with van der Waals surface area (Å²) >= 11 is 5.60. The van der Waals surface area contributed by atoms with Gasteiger partial charge >= 0.3 is 5.97 Å². The predicted octanol–water partition coefficient (Wildman–Crippen LogP) is 1.47. The summed E-state index contributed by atoms with van der Waals surface area (Å²) in [5.74, 6) is -1.61. The summed E-state index contributed by atoms with van der Waals surface area (Å²) in [6, 6.07) is 9.11. The fraction of sp³-hybridized carbons (Fsp3) is 0.136. The van der Waals surface area contributed by atoms with E-state index in [2.05, 4.69) is 16.0 Å². The highest BCUT2D eigenvalue weighted by Gasteiger charge is 2.38. The maximum Gasteiger partial charge on any atom is 0.319 e. The average Bonchev–Trinajstić information content (AvgIpc) is 3.11. The average molecular weight is 431 g/mol. The molecule has 3 aromatic rings. The number of nitrogens with zero attached hydrogens (tertiary/aromatic N) is 4. The number of esters is 1. The van der Waals surface area contributed by atoms with Crippen molar-refractivity contribution in [2.75, 3.05) is 6.61 Å². The Kier molecular flexibility index (Phi) is 5.47. The number of carbonyl (C=O) groups excluding carboxylic acids is 1.